The van der Waals surface area contributed by atoms with E-state index in [0.29, 0.717) is 13.1 Å². The number of carbonyl (C=O) groups excluding carboxylic acids is 1. The van der Waals surface area contributed by atoms with Crippen molar-refractivity contribution in [3.63, 3.8) is 0 Å². The molecular formula is C19H24N2O3. The van der Waals surface area contributed by atoms with Gasteiger partial charge in [0.25, 0.3) is 11.5 Å². The third-order valence-electron chi connectivity index (χ3n) is 4.56. The van der Waals surface area contributed by atoms with Gasteiger partial charge in [-0.2, -0.15) is 0 Å². The summed E-state index contributed by atoms with van der Waals surface area (Å²) >= 11 is 0. The quantitative estimate of drug-likeness (QED) is 0.885. The van der Waals surface area contributed by atoms with Crippen molar-refractivity contribution >= 4 is 5.91 Å². The molecular weight excluding hydrogens is 304 g/mol. The van der Waals surface area contributed by atoms with Crippen LogP contribution in [-0.2, 0) is 19.4 Å². The van der Waals surface area contributed by atoms with Crippen LogP contribution in [0.15, 0.2) is 33.7 Å². The second kappa shape index (κ2) is 7.51. The average Bonchev–Trinajstić information content (AvgIpc) is 3.10. The van der Waals surface area contributed by atoms with E-state index in [9.17, 15) is 9.59 Å². The van der Waals surface area contributed by atoms with Crippen LogP contribution in [0.3, 0.4) is 0 Å². The molecule has 0 aliphatic heterocycles. The molecule has 0 aromatic carbocycles. The number of unbranched alkanes of at least 4 members (excludes halogenated alkanes) is 1. The number of pyridine rings is 1. The molecule has 3 rings (SSSR count). The number of nitrogens with one attached hydrogen (secondary N) is 1. The summed E-state index contributed by atoms with van der Waals surface area (Å²) in [5, 5.41) is 0. The van der Waals surface area contributed by atoms with Crippen molar-refractivity contribution < 1.29 is 9.21 Å². The summed E-state index contributed by atoms with van der Waals surface area (Å²) in [6, 6.07) is 5.46. The monoisotopic (exact) mass is 328 g/mol. The van der Waals surface area contributed by atoms with Gasteiger partial charge in [0, 0.05) is 12.2 Å². The number of H-pyrrole nitrogens is 1. The molecule has 24 heavy (non-hydrogen) atoms. The van der Waals surface area contributed by atoms with Gasteiger partial charge in [-0.3, -0.25) is 9.59 Å². The molecule has 1 aliphatic carbocycles. The van der Waals surface area contributed by atoms with Crippen LogP contribution in [-0.4, -0.2) is 22.3 Å². The summed E-state index contributed by atoms with van der Waals surface area (Å²) in [7, 11) is 0. The zero-order chi connectivity index (χ0) is 16.9. The van der Waals surface area contributed by atoms with Gasteiger partial charge in [0.05, 0.1) is 12.8 Å². The number of aromatic amines is 1. The summed E-state index contributed by atoms with van der Waals surface area (Å²) in [6.07, 6.45) is 7.52. The minimum Gasteiger partial charge on any atom is -0.467 e. The highest BCUT2D eigenvalue weighted by atomic mass is 16.3. The maximum Gasteiger partial charge on any atom is 0.261 e. The Bertz CT molecular complexity index is 746. The van der Waals surface area contributed by atoms with Crippen molar-refractivity contribution in [1.82, 2.24) is 9.88 Å². The SMILES string of the molecule is CCCCN(Cc1ccco1)C(=O)c1cc2c([nH]c1=O)CCCC2. The second-order valence-corrected chi connectivity index (χ2v) is 6.38. The Morgan fingerprint density at radius 2 is 2.17 bits per heavy atom. The molecule has 1 amide bonds. The van der Waals surface area contributed by atoms with Gasteiger partial charge in [-0.15, -0.1) is 0 Å². The molecule has 2 aromatic rings. The Hall–Kier alpha value is -2.30. The first-order valence-corrected chi connectivity index (χ1v) is 8.75. The predicted octanol–water partition coefficient (Wildman–Crippen LogP) is 3.29. The van der Waals surface area contributed by atoms with Gasteiger partial charge in [-0.25, -0.2) is 0 Å². The highest BCUT2D eigenvalue weighted by molar-refractivity contribution is 5.94. The maximum absolute atomic E-state index is 12.9. The molecule has 1 aliphatic rings. The highest BCUT2D eigenvalue weighted by Crippen LogP contribution is 2.19. The summed E-state index contributed by atoms with van der Waals surface area (Å²) in [5.74, 6) is 0.517. The van der Waals surface area contributed by atoms with Crippen LogP contribution in [0, 0.1) is 0 Å². The van der Waals surface area contributed by atoms with Crippen molar-refractivity contribution in [2.24, 2.45) is 0 Å². The standard InChI is InChI=1S/C19H24N2O3/c1-2-3-10-21(13-15-8-6-11-24-15)19(23)16-12-14-7-4-5-9-17(14)20-18(16)22/h6,8,11-12H,2-5,7,9-10,13H2,1H3,(H,20,22). The number of hydrogen-bond acceptors (Lipinski definition) is 3. The summed E-state index contributed by atoms with van der Waals surface area (Å²) in [6.45, 7) is 3.09. The topological polar surface area (TPSA) is 66.3 Å². The lowest BCUT2D eigenvalue weighted by molar-refractivity contribution is 0.0727. The van der Waals surface area contributed by atoms with Gasteiger partial charge >= 0.3 is 0 Å². The molecule has 0 unspecified atom stereocenters. The lowest BCUT2D eigenvalue weighted by atomic mass is 9.95. The highest BCUT2D eigenvalue weighted by Gasteiger charge is 2.22. The van der Waals surface area contributed by atoms with Crippen molar-refractivity contribution in [3.05, 3.63) is 57.4 Å². The van der Waals surface area contributed by atoms with Gasteiger partial charge in [-0.1, -0.05) is 13.3 Å². The Morgan fingerprint density at radius 3 is 2.92 bits per heavy atom. The second-order valence-electron chi connectivity index (χ2n) is 6.38. The number of nitrogens with zero attached hydrogens (tertiary/aromatic N) is 1. The fraction of sp³-hybridized carbons (Fsp3) is 0.474. The van der Waals surface area contributed by atoms with E-state index in [1.807, 2.05) is 12.1 Å². The van der Waals surface area contributed by atoms with Crippen molar-refractivity contribution in [3.8, 4) is 0 Å². The molecule has 5 nitrogen and oxygen atoms in total. The number of rotatable bonds is 6. The number of aromatic nitrogens is 1. The van der Waals surface area contributed by atoms with E-state index in [2.05, 4.69) is 11.9 Å². The molecule has 0 spiro atoms. The van der Waals surface area contributed by atoms with Crippen LogP contribution in [0.2, 0.25) is 0 Å². The molecule has 0 atom stereocenters. The summed E-state index contributed by atoms with van der Waals surface area (Å²) < 4.78 is 5.37. The first kappa shape index (κ1) is 16.6. The minimum absolute atomic E-state index is 0.213. The Labute approximate surface area is 141 Å². The van der Waals surface area contributed by atoms with Crippen LogP contribution in [0.25, 0.3) is 0 Å². The van der Waals surface area contributed by atoms with E-state index in [-0.39, 0.29) is 17.0 Å². The zero-order valence-electron chi connectivity index (χ0n) is 14.1. The fourth-order valence-electron chi connectivity index (χ4n) is 3.20. The molecule has 0 radical (unpaired) electrons. The normalized spacial score (nSPS) is 13.5. The molecule has 128 valence electrons. The molecule has 0 fully saturated rings. The van der Waals surface area contributed by atoms with Crippen LogP contribution >= 0.6 is 0 Å². The van der Waals surface area contributed by atoms with Gasteiger partial charge < -0.3 is 14.3 Å². The number of aryl methyl sites for hydroxylation is 2. The average molecular weight is 328 g/mol. The lowest BCUT2D eigenvalue weighted by Crippen LogP contribution is -2.35. The van der Waals surface area contributed by atoms with Crippen molar-refractivity contribution in [1.29, 1.82) is 0 Å². The number of amides is 1. The third kappa shape index (κ3) is 3.61. The van der Waals surface area contributed by atoms with E-state index in [1.165, 1.54) is 0 Å². The lowest BCUT2D eigenvalue weighted by Gasteiger charge is -2.22. The minimum atomic E-state index is -0.276. The Balaban J connectivity index is 1.87. The van der Waals surface area contributed by atoms with Crippen LogP contribution in [0.5, 0.6) is 0 Å². The largest absolute Gasteiger partial charge is 0.467 e. The van der Waals surface area contributed by atoms with Crippen LogP contribution < -0.4 is 5.56 Å². The summed E-state index contributed by atoms with van der Waals surface area (Å²) in [5.41, 5.74) is 2.08. The summed E-state index contributed by atoms with van der Waals surface area (Å²) in [4.78, 5) is 30.0. The van der Waals surface area contributed by atoms with E-state index in [1.54, 1.807) is 17.2 Å². The molecule has 2 aromatic heterocycles. The van der Waals surface area contributed by atoms with E-state index < -0.39 is 0 Å². The number of fused-ring (bicyclic) bond motifs is 1. The molecule has 2 heterocycles. The van der Waals surface area contributed by atoms with Crippen LogP contribution in [0.1, 0.15) is 60.0 Å². The van der Waals surface area contributed by atoms with Crippen molar-refractivity contribution in [2.45, 2.75) is 52.0 Å². The maximum atomic E-state index is 12.9. The molecule has 1 N–H and O–H groups in total. The molecule has 0 bridgehead atoms. The van der Waals surface area contributed by atoms with Gasteiger partial charge in [0.1, 0.15) is 11.3 Å². The van der Waals surface area contributed by atoms with Crippen LogP contribution in [0.4, 0.5) is 0 Å². The Kier molecular flexibility index (Phi) is 5.18. The zero-order valence-corrected chi connectivity index (χ0v) is 14.1. The van der Waals surface area contributed by atoms with Crippen molar-refractivity contribution in [2.75, 3.05) is 6.54 Å². The predicted molar refractivity (Wildman–Crippen MR) is 92.1 cm³/mol. The van der Waals surface area contributed by atoms with Gasteiger partial charge in [0.2, 0.25) is 0 Å². The number of furan rings is 1. The van der Waals surface area contributed by atoms with E-state index in [4.69, 9.17) is 4.42 Å². The third-order valence-corrected chi connectivity index (χ3v) is 4.56. The van der Waals surface area contributed by atoms with E-state index in [0.717, 1.165) is 55.5 Å². The smallest absolute Gasteiger partial charge is 0.261 e. The van der Waals surface area contributed by atoms with Gasteiger partial charge in [0.15, 0.2) is 0 Å². The fourth-order valence-corrected chi connectivity index (χ4v) is 3.20. The molecule has 0 saturated carbocycles. The van der Waals surface area contributed by atoms with Gasteiger partial charge in [-0.05, 0) is 55.9 Å². The first-order valence-electron chi connectivity index (χ1n) is 8.75. The van der Waals surface area contributed by atoms with E-state index >= 15 is 0 Å². The first-order chi connectivity index (χ1) is 11.7. The number of carbonyl (C=O) groups is 1. The molecule has 0 saturated heterocycles. The number of hydrogen-bond donors (Lipinski definition) is 1. The molecule has 5 heteroatoms. The Morgan fingerprint density at radius 1 is 1.33 bits per heavy atom.